The van der Waals surface area contributed by atoms with Crippen LogP contribution in [0.5, 0.6) is 0 Å². The molecule has 1 atom stereocenters. The second-order valence-electron chi connectivity index (χ2n) is 5.91. The highest BCUT2D eigenvalue weighted by molar-refractivity contribution is 5.81. The minimum atomic E-state index is -0.755. The highest BCUT2D eigenvalue weighted by atomic mass is 16.4. The molecule has 1 saturated heterocycles. The summed E-state index contributed by atoms with van der Waals surface area (Å²) in [5.74, 6) is -0.740. The first-order valence-electron chi connectivity index (χ1n) is 7.36. The quantitative estimate of drug-likeness (QED) is 0.714. The van der Waals surface area contributed by atoms with Crippen molar-refractivity contribution in [3.63, 3.8) is 0 Å². The Labute approximate surface area is 114 Å². The molecule has 108 valence electrons. The molecule has 1 aliphatic heterocycles. The zero-order valence-corrected chi connectivity index (χ0v) is 11.4. The molecular weight excluding hydrogens is 244 g/mol. The van der Waals surface area contributed by atoms with Gasteiger partial charge in [-0.1, -0.05) is 19.3 Å². The van der Waals surface area contributed by atoms with Gasteiger partial charge < -0.3 is 15.7 Å². The third-order valence-electron chi connectivity index (χ3n) is 4.53. The molecule has 0 aromatic heterocycles. The number of carbonyl (C=O) groups is 2. The standard InChI is InChI=1S/C14H24N2O3/c17-12(11-5-4-8-15-9-11)16-10-14(13(18)19)6-2-1-3-7-14/h11,15H,1-10H2,(H,16,17)(H,18,19). The predicted octanol–water partition coefficient (Wildman–Crippen LogP) is 1.14. The molecule has 2 fully saturated rings. The molecular formula is C14H24N2O3. The van der Waals surface area contributed by atoms with E-state index in [1.54, 1.807) is 0 Å². The third-order valence-corrected chi connectivity index (χ3v) is 4.53. The fourth-order valence-corrected chi connectivity index (χ4v) is 3.17. The maximum atomic E-state index is 12.1. The second kappa shape index (κ2) is 6.37. The Bertz CT molecular complexity index is 332. The van der Waals surface area contributed by atoms with Gasteiger partial charge in [-0.3, -0.25) is 9.59 Å². The molecule has 1 amide bonds. The SMILES string of the molecule is O=C(NCC1(C(=O)O)CCCCC1)C1CCCNC1. The van der Waals surface area contributed by atoms with Crippen molar-refractivity contribution < 1.29 is 14.7 Å². The fraction of sp³-hybridized carbons (Fsp3) is 0.857. The van der Waals surface area contributed by atoms with E-state index in [1.807, 2.05) is 0 Å². The van der Waals surface area contributed by atoms with Crippen LogP contribution in [0.2, 0.25) is 0 Å². The lowest BCUT2D eigenvalue weighted by Crippen LogP contribution is -2.47. The van der Waals surface area contributed by atoms with Gasteiger partial charge in [-0.25, -0.2) is 0 Å². The van der Waals surface area contributed by atoms with Crippen molar-refractivity contribution >= 4 is 11.9 Å². The van der Waals surface area contributed by atoms with Crippen LogP contribution in [0.1, 0.15) is 44.9 Å². The number of hydrogen-bond acceptors (Lipinski definition) is 3. The number of amides is 1. The molecule has 5 heteroatoms. The monoisotopic (exact) mass is 268 g/mol. The van der Waals surface area contributed by atoms with Gasteiger partial charge >= 0.3 is 5.97 Å². The van der Waals surface area contributed by atoms with E-state index in [1.165, 1.54) is 0 Å². The highest BCUT2D eigenvalue weighted by Crippen LogP contribution is 2.36. The highest BCUT2D eigenvalue weighted by Gasteiger charge is 2.40. The zero-order valence-electron chi connectivity index (χ0n) is 11.4. The van der Waals surface area contributed by atoms with E-state index in [9.17, 15) is 14.7 Å². The fourth-order valence-electron chi connectivity index (χ4n) is 3.17. The Morgan fingerprint density at radius 2 is 1.95 bits per heavy atom. The van der Waals surface area contributed by atoms with Gasteiger partial charge in [-0.2, -0.15) is 0 Å². The number of aliphatic carboxylic acids is 1. The van der Waals surface area contributed by atoms with Crippen molar-refractivity contribution in [3.05, 3.63) is 0 Å². The summed E-state index contributed by atoms with van der Waals surface area (Å²) < 4.78 is 0. The van der Waals surface area contributed by atoms with E-state index < -0.39 is 11.4 Å². The molecule has 0 radical (unpaired) electrons. The topological polar surface area (TPSA) is 78.4 Å². The molecule has 1 aliphatic carbocycles. The number of nitrogens with one attached hydrogen (secondary N) is 2. The molecule has 0 aromatic rings. The number of piperidine rings is 1. The van der Waals surface area contributed by atoms with Gasteiger partial charge in [0.25, 0.3) is 0 Å². The van der Waals surface area contributed by atoms with Crippen molar-refractivity contribution in [3.8, 4) is 0 Å². The summed E-state index contributed by atoms with van der Waals surface area (Å²) in [6.45, 7) is 1.98. The smallest absolute Gasteiger partial charge is 0.311 e. The van der Waals surface area contributed by atoms with Crippen LogP contribution < -0.4 is 10.6 Å². The zero-order chi connectivity index (χ0) is 13.7. The van der Waals surface area contributed by atoms with Crippen molar-refractivity contribution in [2.24, 2.45) is 11.3 Å². The summed E-state index contributed by atoms with van der Waals surface area (Å²) in [5.41, 5.74) is -0.726. The van der Waals surface area contributed by atoms with Crippen LogP contribution in [-0.4, -0.2) is 36.6 Å². The van der Waals surface area contributed by atoms with Gasteiger partial charge in [-0.05, 0) is 32.2 Å². The van der Waals surface area contributed by atoms with Crippen LogP contribution >= 0.6 is 0 Å². The number of hydrogen-bond donors (Lipinski definition) is 3. The number of rotatable bonds is 4. The molecule has 1 saturated carbocycles. The van der Waals surface area contributed by atoms with E-state index in [0.29, 0.717) is 19.4 Å². The lowest BCUT2D eigenvalue weighted by Gasteiger charge is -2.34. The summed E-state index contributed by atoms with van der Waals surface area (Å²) in [4.78, 5) is 23.6. The molecule has 19 heavy (non-hydrogen) atoms. The van der Waals surface area contributed by atoms with Crippen LogP contribution in [0.4, 0.5) is 0 Å². The minimum absolute atomic E-state index is 0.00295. The van der Waals surface area contributed by atoms with E-state index in [4.69, 9.17) is 0 Å². The first kappa shape index (κ1) is 14.3. The number of carbonyl (C=O) groups excluding carboxylic acids is 1. The average molecular weight is 268 g/mol. The van der Waals surface area contributed by atoms with Crippen LogP contribution in [0.25, 0.3) is 0 Å². The van der Waals surface area contributed by atoms with Crippen molar-refractivity contribution in [2.45, 2.75) is 44.9 Å². The number of carboxylic acids is 1. The molecule has 0 bridgehead atoms. The Morgan fingerprint density at radius 3 is 2.53 bits per heavy atom. The summed E-state index contributed by atoms with van der Waals surface area (Å²) in [6, 6.07) is 0. The Balaban J connectivity index is 1.87. The van der Waals surface area contributed by atoms with E-state index in [2.05, 4.69) is 10.6 Å². The second-order valence-corrected chi connectivity index (χ2v) is 5.91. The van der Waals surface area contributed by atoms with Gasteiger partial charge in [0.15, 0.2) is 0 Å². The average Bonchev–Trinajstić information content (AvgIpc) is 2.46. The lowest BCUT2D eigenvalue weighted by molar-refractivity contribution is -0.151. The molecule has 2 aliphatic rings. The molecule has 2 rings (SSSR count). The van der Waals surface area contributed by atoms with Gasteiger partial charge in [0.1, 0.15) is 0 Å². The summed E-state index contributed by atoms with van der Waals surface area (Å²) in [7, 11) is 0. The molecule has 0 spiro atoms. The Morgan fingerprint density at radius 1 is 1.21 bits per heavy atom. The molecule has 0 aromatic carbocycles. The molecule has 1 heterocycles. The normalized spacial score (nSPS) is 26.6. The van der Waals surface area contributed by atoms with Gasteiger partial charge in [0, 0.05) is 13.1 Å². The van der Waals surface area contributed by atoms with Crippen LogP contribution in [0.3, 0.4) is 0 Å². The first-order chi connectivity index (χ1) is 9.14. The summed E-state index contributed by atoms with van der Waals surface area (Å²) in [6.07, 6.45) is 6.30. The van der Waals surface area contributed by atoms with E-state index in [0.717, 1.165) is 38.6 Å². The largest absolute Gasteiger partial charge is 0.481 e. The van der Waals surface area contributed by atoms with E-state index in [-0.39, 0.29) is 18.4 Å². The Kier molecular flexibility index (Phi) is 4.80. The maximum Gasteiger partial charge on any atom is 0.311 e. The minimum Gasteiger partial charge on any atom is -0.481 e. The van der Waals surface area contributed by atoms with E-state index >= 15 is 0 Å². The first-order valence-corrected chi connectivity index (χ1v) is 7.36. The van der Waals surface area contributed by atoms with Crippen molar-refractivity contribution in [1.82, 2.24) is 10.6 Å². The number of carboxylic acid groups (broad SMARTS) is 1. The predicted molar refractivity (Wildman–Crippen MR) is 71.8 cm³/mol. The maximum absolute atomic E-state index is 12.1. The van der Waals surface area contributed by atoms with Gasteiger partial charge in [0.2, 0.25) is 5.91 Å². The van der Waals surface area contributed by atoms with Crippen LogP contribution in [0, 0.1) is 11.3 Å². The molecule has 1 unspecified atom stereocenters. The van der Waals surface area contributed by atoms with Gasteiger partial charge in [-0.15, -0.1) is 0 Å². The molecule has 5 nitrogen and oxygen atoms in total. The van der Waals surface area contributed by atoms with Crippen LogP contribution in [0.15, 0.2) is 0 Å². The lowest BCUT2D eigenvalue weighted by atomic mass is 9.74. The van der Waals surface area contributed by atoms with Crippen molar-refractivity contribution in [2.75, 3.05) is 19.6 Å². The van der Waals surface area contributed by atoms with Crippen molar-refractivity contribution in [1.29, 1.82) is 0 Å². The Hall–Kier alpha value is -1.10. The summed E-state index contributed by atoms with van der Waals surface area (Å²) >= 11 is 0. The van der Waals surface area contributed by atoms with Crippen LogP contribution in [-0.2, 0) is 9.59 Å². The summed E-state index contributed by atoms with van der Waals surface area (Å²) in [5, 5.41) is 15.5. The molecule has 3 N–H and O–H groups in total. The van der Waals surface area contributed by atoms with Gasteiger partial charge in [0.05, 0.1) is 11.3 Å². The third kappa shape index (κ3) is 3.47.